The Hall–Kier alpha value is -2.78. The van der Waals surface area contributed by atoms with Gasteiger partial charge in [0.15, 0.2) is 11.5 Å². The Kier molecular flexibility index (Phi) is 6.29. The van der Waals surface area contributed by atoms with Gasteiger partial charge in [-0.2, -0.15) is 0 Å². The van der Waals surface area contributed by atoms with Gasteiger partial charge in [0.05, 0.1) is 7.11 Å². The number of rotatable bonds is 8. The number of phenolic OH excluding ortho intramolecular Hbond substituents is 1. The number of phenols is 1. The summed E-state index contributed by atoms with van der Waals surface area (Å²) in [5, 5.41) is 10.1. The minimum Gasteiger partial charge on any atom is -0.504 e. The van der Waals surface area contributed by atoms with Crippen molar-refractivity contribution < 1.29 is 9.84 Å². The van der Waals surface area contributed by atoms with E-state index in [0.29, 0.717) is 5.75 Å². The van der Waals surface area contributed by atoms with Gasteiger partial charge in [0.25, 0.3) is 0 Å². The zero-order valence-corrected chi connectivity index (χ0v) is 15.1. The molecule has 0 atom stereocenters. The molecule has 0 unspecified atom stereocenters. The van der Waals surface area contributed by atoms with Gasteiger partial charge < -0.3 is 9.84 Å². The van der Waals surface area contributed by atoms with Gasteiger partial charge in [-0.3, -0.25) is 4.90 Å². The third-order valence-electron chi connectivity index (χ3n) is 4.46. The van der Waals surface area contributed by atoms with Crippen molar-refractivity contribution in [3.05, 3.63) is 95.6 Å². The number of hydrogen-bond acceptors (Lipinski definition) is 3. The normalized spacial score (nSPS) is 10.8. The first-order valence-electron chi connectivity index (χ1n) is 8.90. The van der Waals surface area contributed by atoms with Gasteiger partial charge in [0.2, 0.25) is 0 Å². The van der Waals surface area contributed by atoms with E-state index in [-0.39, 0.29) is 5.75 Å². The highest BCUT2D eigenvalue weighted by atomic mass is 16.5. The van der Waals surface area contributed by atoms with E-state index in [2.05, 4.69) is 53.4 Å². The molecular formula is C23H25NO2. The Morgan fingerprint density at radius 3 is 2.00 bits per heavy atom. The molecule has 1 N–H and O–H groups in total. The van der Waals surface area contributed by atoms with Crippen LogP contribution >= 0.6 is 0 Å². The van der Waals surface area contributed by atoms with Gasteiger partial charge in [0, 0.05) is 19.6 Å². The van der Waals surface area contributed by atoms with E-state index < -0.39 is 0 Å². The third kappa shape index (κ3) is 5.11. The molecule has 3 nitrogen and oxygen atoms in total. The van der Waals surface area contributed by atoms with E-state index >= 15 is 0 Å². The van der Waals surface area contributed by atoms with Crippen LogP contribution in [0.3, 0.4) is 0 Å². The maximum Gasteiger partial charge on any atom is 0.160 e. The van der Waals surface area contributed by atoms with Gasteiger partial charge in [-0.05, 0) is 35.2 Å². The van der Waals surface area contributed by atoms with E-state index in [4.69, 9.17) is 4.74 Å². The molecule has 3 aromatic rings. The van der Waals surface area contributed by atoms with Crippen LogP contribution in [0.5, 0.6) is 11.5 Å². The highest BCUT2D eigenvalue weighted by Crippen LogP contribution is 2.27. The Balaban J connectivity index is 1.72. The number of hydrogen-bond donors (Lipinski definition) is 1. The number of methoxy groups -OCH3 is 1. The average Bonchev–Trinajstić information content (AvgIpc) is 2.68. The van der Waals surface area contributed by atoms with Crippen molar-refractivity contribution in [2.75, 3.05) is 13.7 Å². The van der Waals surface area contributed by atoms with Crippen LogP contribution in [-0.2, 0) is 19.5 Å². The number of aromatic hydroxyl groups is 1. The third-order valence-corrected chi connectivity index (χ3v) is 4.46. The highest BCUT2D eigenvalue weighted by molar-refractivity contribution is 5.41. The van der Waals surface area contributed by atoms with Crippen molar-refractivity contribution in [2.45, 2.75) is 19.5 Å². The summed E-state index contributed by atoms with van der Waals surface area (Å²) in [4.78, 5) is 2.41. The molecule has 0 spiro atoms. The molecule has 0 fully saturated rings. The van der Waals surface area contributed by atoms with Crippen LogP contribution < -0.4 is 4.74 Å². The molecule has 0 radical (unpaired) electrons. The fraction of sp³-hybridized carbons (Fsp3) is 0.217. The van der Waals surface area contributed by atoms with Gasteiger partial charge in [-0.15, -0.1) is 0 Å². The summed E-state index contributed by atoms with van der Waals surface area (Å²) >= 11 is 0. The van der Waals surface area contributed by atoms with Gasteiger partial charge in [0.1, 0.15) is 0 Å². The standard InChI is InChI=1S/C23H25NO2/c1-26-23-13-12-21(16-22(23)25)18-24(17-20-10-6-3-7-11-20)15-14-19-8-4-2-5-9-19/h2-13,16,25H,14-15,17-18H2,1H3. The molecule has 0 saturated carbocycles. The maximum atomic E-state index is 10.1. The fourth-order valence-electron chi connectivity index (χ4n) is 3.08. The van der Waals surface area contributed by atoms with Crippen LogP contribution in [0.1, 0.15) is 16.7 Å². The molecular weight excluding hydrogens is 322 g/mol. The summed E-state index contributed by atoms with van der Waals surface area (Å²) in [5.41, 5.74) is 3.70. The van der Waals surface area contributed by atoms with Gasteiger partial charge >= 0.3 is 0 Å². The SMILES string of the molecule is COc1ccc(CN(CCc2ccccc2)Cc2ccccc2)cc1O. The fourth-order valence-corrected chi connectivity index (χ4v) is 3.08. The minimum atomic E-state index is 0.188. The number of ether oxygens (including phenoxy) is 1. The smallest absolute Gasteiger partial charge is 0.160 e. The lowest BCUT2D eigenvalue weighted by molar-refractivity contribution is 0.259. The second kappa shape index (κ2) is 9.07. The molecule has 3 rings (SSSR count). The molecule has 0 saturated heterocycles. The van der Waals surface area contributed by atoms with Crippen molar-refractivity contribution in [3.8, 4) is 11.5 Å². The molecule has 134 valence electrons. The predicted octanol–water partition coefficient (Wildman–Crippen LogP) is 4.65. The zero-order valence-electron chi connectivity index (χ0n) is 15.1. The molecule has 26 heavy (non-hydrogen) atoms. The molecule has 0 aliphatic heterocycles. The summed E-state index contributed by atoms with van der Waals surface area (Å²) < 4.78 is 5.14. The van der Waals surface area contributed by atoms with Crippen molar-refractivity contribution >= 4 is 0 Å². The Bertz CT molecular complexity index is 803. The predicted molar refractivity (Wildman–Crippen MR) is 105 cm³/mol. The van der Waals surface area contributed by atoms with Crippen LogP contribution in [0, 0.1) is 0 Å². The molecule has 0 aliphatic carbocycles. The van der Waals surface area contributed by atoms with Crippen molar-refractivity contribution in [1.82, 2.24) is 4.90 Å². The quantitative estimate of drug-likeness (QED) is 0.644. The molecule has 3 heteroatoms. The lowest BCUT2D eigenvalue weighted by atomic mass is 10.1. The molecule has 0 bridgehead atoms. The van der Waals surface area contributed by atoms with Crippen LogP contribution in [0.25, 0.3) is 0 Å². The minimum absolute atomic E-state index is 0.188. The van der Waals surface area contributed by atoms with Crippen molar-refractivity contribution in [2.24, 2.45) is 0 Å². The first kappa shape index (κ1) is 18.0. The Morgan fingerprint density at radius 2 is 1.38 bits per heavy atom. The first-order valence-corrected chi connectivity index (χ1v) is 8.90. The molecule has 0 heterocycles. The van der Waals surface area contributed by atoms with E-state index in [0.717, 1.165) is 31.6 Å². The summed E-state index contributed by atoms with van der Waals surface area (Å²) in [6.07, 6.45) is 0.996. The Labute approximate surface area is 155 Å². The van der Waals surface area contributed by atoms with Crippen molar-refractivity contribution in [1.29, 1.82) is 0 Å². The molecule has 0 amide bonds. The molecule has 0 aliphatic rings. The van der Waals surface area contributed by atoms with Gasteiger partial charge in [-0.25, -0.2) is 0 Å². The largest absolute Gasteiger partial charge is 0.504 e. The molecule has 0 aromatic heterocycles. The summed E-state index contributed by atoms with van der Waals surface area (Å²) in [6.45, 7) is 2.60. The lowest BCUT2D eigenvalue weighted by Gasteiger charge is -2.23. The summed E-state index contributed by atoms with van der Waals surface area (Å²) in [6, 6.07) is 26.7. The van der Waals surface area contributed by atoms with Gasteiger partial charge in [-0.1, -0.05) is 66.7 Å². The summed E-state index contributed by atoms with van der Waals surface area (Å²) in [5.74, 6) is 0.695. The van der Waals surface area contributed by atoms with Crippen molar-refractivity contribution in [3.63, 3.8) is 0 Å². The van der Waals surface area contributed by atoms with E-state index in [9.17, 15) is 5.11 Å². The number of nitrogens with zero attached hydrogens (tertiary/aromatic N) is 1. The van der Waals surface area contributed by atoms with Crippen LogP contribution in [0.15, 0.2) is 78.9 Å². The topological polar surface area (TPSA) is 32.7 Å². The average molecular weight is 347 g/mol. The van der Waals surface area contributed by atoms with E-state index in [1.165, 1.54) is 11.1 Å². The monoisotopic (exact) mass is 347 g/mol. The highest BCUT2D eigenvalue weighted by Gasteiger charge is 2.10. The Morgan fingerprint density at radius 1 is 0.769 bits per heavy atom. The summed E-state index contributed by atoms with van der Waals surface area (Å²) in [7, 11) is 1.57. The van der Waals surface area contributed by atoms with E-state index in [1.54, 1.807) is 13.2 Å². The molecule has 3 aromatic carbocycles. The number of benzene rings is 3. The van der Waals surface area contributed by atoms with E-state index in [1.807, 2.05) is 24.3 Å². The second-order valence-electron chi connectivity index (χ2n) is 6.44. The maximum absolute atomic E-state index is 10.1. The zero-order chi connectivity index (χ0) is 18.2. The first-order chi connectivity index (χ1) is 12.7. The second-order valence-corrected chi connectivity index (χ2v) is 6.44. The van der Waals surface area contributed by atoms with Crippen LogP contribution in [0.4, 0.5) is 0 Å². The van der Waals surface area contributed by atoms with Crippen LogP contribution in [-0.4, -0.2) is 23.7 Å². The van der Waals surface area contributed by atoms with Crippen LogP contribution in [0.2, 0.25) is 0 Å². The lowest BCUT2D eigenvalue weighted by Crippen LogP contribution is -2.25.